The van der Waals surface area contributed by atoms with Crippen molar-refractivity contribution in [3.63, 3.8) is 0 Å². The van der Waals surface area contributed by atoms with Gasteiger partial charge in [-0.1, -0.05) is 47.6 Å². The van der Waals surface area contributed by atoms with Crippen LogP contribution in [0, 0.1) is 0 Å². The second kappa shape index (κ2) is 12.9. The average molecular weight is 481 g/mol. The number of hydrogen-bond acceptors (Lipinski definition) is 7. The molecule has 1 N–H and O–H groups in total. The Bertz CT molecular complexity index is 1200. The molecule has 0 spiro atoms. The van der Waals surface area contributed by atoms with Crippen molar-refractivity contribution in [1.29, 1.82) is 0 Å². The van der Waals surface area contributed by atoms with Crippen molar-refractivity contribution < 1.29 is 82.7 Å². The molecule has 0 aliphatic carbocycles. The van der Waals surface area contributed by atoms with Gasteiger partial charge in [-0.05, 0) is 35.4 Å². The average Bonchev–Trinajstić information content (AvgIpc) is 3.21. The first-order chi connectivity index (χ1) is 15.0. The van der Waals surface area contributed by atoms with Gasteiger partial charge in [0.1, 0.15) is 18.2 Å². The number of anilines is 1. The molecule has 8 nitrogen and oxygen atoms in total. The minimum atomic E-state index is -5.00. The summed E-state index contributed by atoms with van der Waals surface area (Å²) >= 11 is 0. The maximum Gasteiger partial charge on any atom is 1.00 e. The predicted octanol–water partition coefficient (Wildman–Crippen LogP) is -2.84. The summed E-state index contributed by atoms with van der Waals surface area (Å²) in [7, 11) is -5.00. The smallest absolute Gasteiger partial charge is 0.795 e. The molecule has 0 unspecified atom stereocenters. The largest absolute Gasteiger partial charge is 1.00 e. The maximum absolute atomic E-state index is 11.0. The Morgan fingerprint density at radius 1 is 0.939 bits per heavy atom. The fraction of sp³-hybridized carbons (Fsp3) is 0.0909. The maximum atomic E-state index is 11.0. The quantitative estimate of drug-likeness (QED) is 0.211. The van der Waals surface area contributed by atoms with Gasteiger partial charge in [-0.15, -0.1) is 0 Å². The van der Waals surface area contributed by atoms with Crippen LogP contribution < -0.4 is 78.7 Å². The van der Waals surface area contributed by atoms with Crippen molar-refractivity contribution >= 4 is 13.6 Å². The molecule has 2 aromatic heterocycles. The Morgan fingerprint density at radius 3 is 2.36 bits per heavy atom. The zero-order valence-electron chi connectivity index (χ0n) is 18.3. The summed E-state index contributed by atoms with van der Waals surface area (Å²) in [5.41, 5.74) is 3.07. The monoisotopic (exact) mass is 481 g/mol. The molecule has 0 aliphatic rings. The van der Waals surface area contributed by atoms with E-state index in [0.29, 0.717) is 30.0 Å². The van der Waals surface area contributed by atoms with E-state index < -0.39 is 7.75 Å². The van der Waals surface area contributed by atoms with Crippen molar-refractivity contribution in [3.8, 4) is 17.1 Å². The van der Waals surface area contributed by atoms with Crippen LogP contribution in [0.3, 0.4) is 0 Å². The van der Waals surface area contributed by atoms with Gasteiger partial charge in [-0.2, -0.15) is 0 Å². The van der Waals surface area contributed by atoms with Crippen LogP contribution in [0.25, 0.3) is 11.3 Å². The van der Waals surface area contributed by atoms with E-state index in [-0.39, 0.29) is 64.9 Å². The molecule has 0 fully saturated rings. The SMILES string of the molecule is O=P([O-])([O-])Nc1ncccc1-c1cc(Cc2ccc(OCc3ccccc3)cc2)no1.[Na+].[Na+]. The van der Waals surface area contributed by atoms with Crippen LogP contribution in [0.5, 0.6) is 5.75 Å². The van der Waals surface area contributed by atoms with Crippen LogP contribution in [0.4, 0.5) is 5.82 Å². The number of rotatable bonds is 8. The van der Waals surface area contributed by atoms with Gasteiger partial charge < -0.3 is 28.7 Å². The molecule has 4 rings (SSSR count). The summed E-state index contributed by atoms with van der Waals surface area (Å²) in [5.74, 6) is 0.972. The first-order valence-electron chi connectivity index (χ1n) is 9.43. The van der Waals surface area contributed by atoms with Gasteiger partial charge in [0.05, 0.1) is 11.3 Å². The first-order valence-corrected chi connectivity index (χ1v) is 11.0. The molecule has 0 saturated carbocycles. The molecule has 11 heteroatoms. The summed E-state index contributed by atoms with van der Waals surface area (Å²) in [6.45, 7) is 0.494. The summed E-state index contributed by atoms with van der Waals surface area (Å²) in [5, 5.41) is 5.91. The van der Waals surface area contributed by atoms with Gasteiger partial charge in [0.25, 0.3) is 0 Å². The fourth-order valence-corrected chi connectivity index (χ4v) is 3.44. The topological polar surface area (TPSA) is 123 Å². The molecule has 0 aliphatic heterocycles. The van der Waals surface area contributed by atoms with E-state index in [0.717, 1.165) is 16.9 Å². The molecule has 0 amide bonds. The molecule has 2 aromatic carbocycles. The zero-order valence-corrected chi connectivity index (χ0v) is 23.2. The molecule has 0 saturated heterocycles. The van der Waals surface area contributed by atoms with Gasteiger partial charge >= 0.3 is 59.1 Å². The number of nitrogens with zero attached hydrogens (tertiary/aromatic N) is 2. The van der Waals surface area contributed by atoms with Gasteiger partial charge in [0.2, 0.25) is 0 Å². The van der Waals surface area contributed by atoms with Crippen molar-refractivity contribution in [2.24, 2.45) is 0 Å². The molecular formula is C22H18N3Na2O5P. The van der Waals surface area contributed by atoms with Crippen molar-refractivity contribution in [3.05, 3.63) is 95.8 Å². The van der Waals surface area contributed by atoms with Crippen LogP contribution in [-0.2, 0) is 17.6 Å². The van der Waals surface area contributed by atoms with E-state index in [1.807, 2.05) is 59.7 Å². The van der Waals surface area contributed by atoms with Gasteiger partial charge in [-0.3, -0.25) is 0 Å². The van der Waals surface area contributed by atoms with Crippen LogP contribution in [0.15, 0.2) is 83.5 Å². The summed E-state index contributed by atoms with van der Waals surface area (Å²) in [6, 6.07) is 22.5. The molecular weight excluding hydrogens is 463 g/mol. The number of aromatic nitrogens is 2. The van der Waals surface area contributed by atoms with Crippen molar-refractivity contribution in [1.82, 2.24) is 10.1 Å². The third kappa shape index (κ3) is 8.37. The molecule has 2 heterocycles. The summed E-state index contributed by atoms with van der Waals surface area (Å²) in [6.07, 6.45) is 1.88. The predicted molar refractivity (Wildman–Crippen MR) is 111 cm³/mol. The van der Waals surface area contributed by atoms with E-state index in [1.165, 1.54) is 6.20 Å². The minimum absolute atomic E-state index is 0. The number of benzene rings is 2. The third-order valence-corrected chi connectivity index (χ3v) is 4.92. The molecule has 33 heavy (non-hydrogen) atoms. The molecule has 0 bridgehead atoms. The second-order valence-corrected chi connectivity index (χ2v) is 8.00. The molecule has 0 atom stereocenters. The van der Waals surface area contributed by atoms with Crippen molar-refractivity contribution in [2.45, 2.75) is 13.0 Å². The van der Waals surface area contributed by atoms with E-state index >= 15 is 0 Å². The third-order valence-electron chi connectivity index (χ3n) is 4.43. The normalized spacial score (nSPS) is 10.6. The Kier molecular flexibility index (Phi) is 10.8. The first kappa shape index (κ1) is 27.8. The Balaban J connectivity index is 0.00000193. The van der Waals surface area contributed by atoms with Crippen LogP contribution in [0.1, 0.15) is 16.8 Å². The molecule has 158 valence electrons. The second-order valence-electron chi connectivity index (χ2n) is 6.79. The van der Waals surface area contributed by atoms with Crippen molar-refractivity contribution in [2.75, 3.05) is 5.09 Å². The summed E-state index contributed by atoms with van der Waals surface area (Å²) < 4.78 is 22.2. The van der Waals surface area contributed by atoms with E-state index in [9.17, 15) is 14.4 Å². The molecule has 4 aromatic rings. The van der Waals surface area contributed by atoms with Crippen LogP contribution in [0.2, 0.25) is 0 Å². The Hall–Kier alpha value is -1.45. The fourth-order valence-electron chi connectivity index (χ4n) is 3.00. The van der Waals surface area contributed by atoms with Gasteiger partial charge in [-0.25, -0.2) is 4.98 Å². The number of hydrogen-bond donors (Lipinski definition) is 1. The number of pyridine rings is 1. The summed E-state index contributed by atoms with van der Waals surface area (Å²) in [4.78, 5) is 26.0. The van der Waals surface area contributed by atoms with E-state index in [4.69, 9.17) is 9.26 Å². The van der Waals surface area contributed by atoms with Crippen LogP contribution >= 0.6 is 7.75 Å². The zero-order chi connectivity index (χ0) is 21.7. The van der Waals surface area contributed by atoms with E-state index in [2.05, 4.69) is 10.1 Å². The Labute approximate surface area is 235 Å². The Morgan fingerprint density at radius 2 is 1.67 bits per heavy atom. The van der Waals surface area contributed by atoms with E-state index in [1.54, 1.807) is 18.2 Å². The van der Waals surface area contributed by atoms with Gasteiger partial charge in [0, 0.05) is 26.4 Å². The number of nitrogens with one attached hydrogen (secondary N) is 1. The standard InChI is InChI=1S/C22H20N3O5P.2Na/c26-31(27,28)25-22-20(7-4-12-23-22)21-14-18(24-30-21)13-16-8-10-19(11-9-16)29-15-17-5-2-1-3-6-17;;/h1-12,14H,13,15H2,(H3,23,25,26,27,28);;/q;2*+1/p-2. The molecule has 0 radical (unpaired) electrons. The minimum Gasteiger partial charge on any atom is -0.795 e. The van der Waals surface area contributed by atoms with Crippen LogP contribution in [-0.4, -0.2) is 10.1 Å². The van der Waals surface area contributed by atoms with Gasteiger partial charge in [0.15, 0.2) is 5.76 Å². The number of ether oxygens (including phenoxy) is 1.